The molecular formula is C10H19NO4. The molecule has 0 radical (unpaired) electrons. The fourth-order valence-corrected chi connectivity index (χ4v) is 0.861. The largest absolute Gasteiger partial charge is 0.467 e. The average Bonchev–Trinajstić information content (AvgIpc) is 2.10. The normalized spacial score (nSPS) is 15.3. The van der Waals surface area contributed by atoms with E-state index in [0.717, 1.165) is 0 Å². The minimum absolute atomic E-state index is 0.307. The molecule has 0 unspecified atom stereocenters. The van der Waals surface area contributed by atoms with E-state index in [1.165, 1.54) is 14.0 Å². The van der Waals surface area contributed by atoms with Gasteiger partial charge in [-0.15, -0.1) is 0 Å². The van der Waals surface area contributed by atoms with Gasteiger partial charge in [-0.2, -0.15) is 0 Å². The second-order valence-corrected chi connectivity index (χ2v) is 4.46. The molecule has 0 aromatic heterocycles. The molecule has 0 aromatic carbocycles. The second kappa shape index (κ2) is 5.11. The van der Waals surface area contributed by atoms with Crippen LogP contribution >= 0.6 is 0 Å². The summed E-state index contributed by atoms with van der Waals surface area (Å²) in [5.74, 6) is -0.957. The molecule has 0 aromatic rings. The smallest absolute Gasteiger partial charge is 0.331 e. The van der Waals surface area contributed by atoms with Crippen LogP contribution in [0.4, 0.5) is 0 Å². The van der Waals surface area contributed by atoms with E-state index in [1.807, 2.05) is 0 Å². The number of methoxy groups -OCH3 is 1. The molecule has 0 heterocycles. The third kappa shape index (κ3) is 4.29. The van der Waals surface area contributed by atoms with Gasteiger partial charge in [-0.1, -0.05) is 20.8 Å². The van der Waals surface area contributed by atoms with Crippen LogP contribution in [0.25, 0.3) is 0 Å². The highest BCUT2D eigenvalue weighted by atomic mass is 16.5. The van der Waals surface area contributed by atoms with E-state index in [-0.39, 0.29) is 5.91 Å². The molecule has 5 heteroatoms. The first-order chi connectivity index (χ1) is 6.70. The molecule has 0 bridgehead atoms. The molecule has 0 aliphatic carbocycles. The Morgan fingerprint density at radius 1 is 1.33 bits per heavy atom. The first-order valence-electron chi connectivity index (χ1n) is 4.77. The first-order valence-corrected chi connectivity index (χ1v) is 4.77. The van der Waals surface area contributed by atoms with Crippen LogP contribution in [-0.4, -0.2) is 36.2 Å². The molecule has 2 N–H and O–H groups in total. The Morgan fingerprint density at radius 2 is 1.80 bits per heavy atom. The number of carbonyl (C=O) groups excluding carboxylic acids is 2. The van der Waals surface area contributed by atoms with Crippen molar-refractivity contribution in [3.05, 3.63) is 0 Å². The van der Waals surface area contributed by atoms with Crippen LogP contribution in [0.2, 0.25) is 0 Å². The van der Waals surface area contributed by atoms with Gasteiger partial charge in [0.15, 0.2) is 6.04 Å². The maximum atomic E-state index is 11.6. The zero-order valence-corrected chi connectivity index (χ0v) is 9.83. The summed E-state index contributed by atoms with van der Waals surface area (Å²) < 4.78 is 4.47. The van der Waals surface area contributed by atoms with Crippen molar-refractivity contribution < 1.29 is 19.4 Å². The molecule has 15 heavy (non-hydrogen) atoms. The molecule has 1 amide bonds. The number of nitrogens with one attached hydrogen (secondary N) is 1. The van der Waals surface area contributed by atoms with Gasteiger partial charge in [-0.3, -0.25) is 4.79 Å². The average molecular weight is 217 g/mol. The van der Waals surface area contributed by atoms with Gasteiger partial charge in [-0.25, -0.2) is 4.79 Å². The fraction of sp³-hybridized carbons (Fsp3) is 0.800. The molecule has 0 fully saturated rings. The topological polar surface area (TPSA) is 75.6 Å². The Labute approximate surface area is 89.8 Å². The SMILES string of the molecule is COC(=O)[C@H](NC(=O)C(C)(C)C)[C@H](C)O. The highest BCUT2D eigenvalue weighted by Gasteiger charge is 2.30. The third-order valence-corrected chi connectivity index (χ3v) is 1.91. The number of hydrogen-bond donors (Lipinski definition) is 2. The highest BCUT2D eigenvalue weighted by Crippen LogP contribution is 2.13. The maximum absolute atomic E-state index is 11.6. The lowest BCUT2D eigenvalue weighted by Crippen LogP contribution is -2.51. The van der Waals surface area contributed by atoms with E-state index >= 15 is 0 Å². The third-order valence-electron chi connectivity index (χ3n) is 1.91. The standard InChI is InChI=1S/C10H19NO4/c1-6(12)7(8(13)15-5)11-9(14)10(2,3)4/h6-7,12H,1-5H3,(H,11,14)/t6-,7+/m0/s1. The van der Waals surface area contributed by atoms with Crippen LogP contribution in [0.1, 0.15) is 27.7 Å². The van der Waals surface area contributed by atoms with E-state index in [0.29, 0.717) is 0 Å². The monoisotopic (exact) mass is 217 g/mol. The highest BCUT2D eigenvalue weighted by molar-refractivity contribution is 5.87. The number of aliphatic hydroxyl groups excluding tert-OH is 1. The van der Waals surface area contributed by atoms with Crippen LogP contribution in [0.5, 0.6) is 0 Å². The molecule has 0 rings (SSSR count). The van der Waals surface area contributed by atoms with Gasteiger partial charge in [0.1, 0.15) is 0 Å². The lowest BCUT2D eigenvalue weighted by Gasteiger charge is -2.24. The zero-order chi connectivity index (χ0) is 12.2. The number of esters is 1. The lowest BCUT2D eigenvalue weighted by atomic mass is 9.95. The van der Waals surface area contributed by atoms with E-state index in [1.54, 1.807) is 20.8 Å². The molecule has 0 saturated carbocycles. The van der Waals surface area contributed by atoms with Gasteiger partial charge in [0.2, 0.25) is 5.91 Å². The Kier molecular flexibility index (Phi) is 4.74. The summed E-state index contributed by atoms with van der Waals surface area (Å²) in [7, 11) is 1.21. The van der Waals surface area contributed by atoms with Gasteiger partial charge in [0, 0.05) is 5.41 Å². The van der Waals surface area contributed by atoms with E-state index in [9.17, 15) is 14.7 Å². The van der Waals surface area contributed by atoms with Crippen molar-refractivity contribution in [2.75, 3.05) is 7.11 Å². The number of carbonyl (C=O) groups is 2. The lowest BCUT2D eigenvalue weighted by molar-refractivity contribution is -0.149. The summed E-state index contributed by atoms with van der Waals surface area (Å²) >= 11 is 0. The fourth-order valence-electron chi connectivity index (χ4n) is 0.861. The Hall–Kier alpha value is -1.10. The Bertz CT molecular complexity index is 242. The van der Waals surface area contributed by atoms with Crippen LogP contribution in [0.15, 0.2) is 0 Å². The van der Waals surface area contributed by atoms with Gasteiger partial charge in [0.25, 0.3) is 0 Å². The van der Waals surface area contributed by atoms with Gasteiger partial charge in [-0.05, 0) is 6.92 Å². The summed E-state index contributed by atoms with van der Waals surface area (Å²) in [5, 5.41) is 11.8. The summed E-state index contributed by atoms with van der Waals surface area (Å²) in [5.41, 5.74) is -0.610. The van der Waals surface area contributed by atoms with Crippen molar-refractivity contribution in [3.63, 3.8) is 0 Å². The molecule has 2 atom stereocenters. The number of amides is 1. The Balaban J connectivity index is 4.57. The quantitative estimate of drug-likeness (QED) is 0.656. The van der Waals surface area contributed by atoms with Crippen LogP contribution < -0.4 is 5.32 Å². The van der Waals surface area contributed by atoms with Crippen LogP contribution in [0.3, 0.4) is 0 Å². The predicted molar refractivity (Wildman–Crippen MR) is 55.1 cm³/mol. The molecule has 0 aliphatic heterocycles. The van der Waals surface area contributed by atoms with Gasteiger partial charge >= 0.3 is 5.97 Å². The van der Waals surface area contributed by atoms with E-state index < -0.39 is 23.5 Å². The molecule has 88 valence electrons. The summed E-state index contributed by atoms with van der Waals surface area (Å²) in [6.07, 6.45) is -0.983. The van der Waals surface area contributed by atoms with Crippen molar-refractivity contribution in [3.8, 4) is 0 Å². The van der Waals surface area contributed by atoms with Crippen molar-refractivity contribution in [2.24, 2.45) is 5.41 Å². The summed E-state index contributed by atoms with van der Waals surface area (Å²) in [4.78, 5) is 22.8. The van der Waals surface area contributed by atoms with Crippen molar-refractivity contribution in [2.45, 2.75) is 39.8 Å². The predicted octanol–water partition coefficient (Wildman–Crippen LogP) is 0.0711. The van der Waals surface area contributed by atoms with Gasteiger partial charge in [0.05, 0.1) is 13.2 Å². The molecule has 0 aliphatic rings. The second-order valence-electron chi connectivity index (χ2n) is 4.46. The summed E-state index contributed by atoms with van der Waals surface area (Å²) in [6, 6.07) is -1.01. The minimum Gasteiger partial charge on any atom is -0.467 e. The first kappa shape index (κ1) is 13.9. The molecular weight excluding hydrogens is 198 g/mol. The van der Waals surface area contributed by atoms with Crippen molar-refractivity contribution in [1.82, 2.24) is 5.32 Å². The Morgan fingerprint density at radius 3 is 2.07 bits per heavy atom. The van der Waals surface area contributed by atoms with Crippen LogP contribution in [0, 0.1) is 5.41 Å². The van der Waals surface area contributed by atoms with Crippen molar-refractivity contribution >= 4 is 11.9 Å². The maximum Gasteiger partial charge on any atom is 0.331 e. The minimum atomic E-state index is -1.01. The molecule has 0 spiro atoms. The number of hydrogen-bond acceptors (Lipinski definition) is 4. The number of rotatable bonds is 3. The van der Waals surface area contributed by atoms with E-state index in [4.69, 9.17) is 0 Å². The van der Waals surface area contributed by atoms with Gasteiger partial charge < -0.3 is 15.2 Å². The molecule has 0 saturated heterocycles. The van der Waals surface area contributed by atoms with E-state index in [2.05, 4.69) is 10.1 Å². The van der Waals surface area contributed by atoms with Crippen molar-refractivity contribution in [1.29, 1.82) is 0 Å². The summed E-state index contributed by atoms with van der Waals surface area (Å²) in [6.45, 7) is 6.58. The van der Waals surface area contributed by atoms with Crippen LogP contribution in [-0.2, 0) is 14.3 Å². The molecule has 5 nitrogen and oxygen atoms in total. The number of ether oxygens (including phenoxy) is 1. The zero-order valence-electron chi connectivity index (χ0n) is 9.83. The number of aliphatic hydroxyl groups is 1.